The predicted octanol–water partition coefficient (Wildman–Crippen LogP) is 2.25. The molecular weight excluding hydrogens is 276 g/mol. The van der Waals surface area contributed by atoms with E-state index in [0.717, 1.165) is 5.76 Å². The average molecular weight is 290 g/mol. The molecule has 0 atom stereocenters. The molecule has 6 heteroatoms. The third-order valence-electron chi connectivity index (χ3n) is 2.84. The van der Waals surface area contributed by atoms with Crippen LogP contribution in [0.1, 0.15) is 22.6 Å². The fraction of sp³-hybridized carbons (Fsp3) is 0.214. The van der Waals surface area contributed by atoms with Gasteiger partial charge in [0, 0.05) is 0 Å². The highest BCUT2D eigenvalue weighted by atomic mass is 32.2. The molecule has 0 bridgehead atoms. The maximum atomic E-state index is 12.2. The Labute approximate surface area is 117 Å². The molecule has 104 valence electrons. The molecule has 20 heavy (non-hydrogen) atoms. The summed E-state index contributed by atoms with van der Waals surface area (Å²) in [6.07, 6.45) is 0. The molecule has 2 aromatic rings. The molecule has 1 heterocycles. The van der Waals surface area contributed by atoms with Crippen molar-refractivity contribution < 1.29 is 12.8 Å². The average Bonchev–Trinajstić information content (AvgIpc) is 2.83. The summed E-state index contributed by atoms with van der Waals surface area (Å²) in [6.45, 7) is 3.55. The van der Waals surface area contributed by atoms with Gasteiger partial charge in [-0.05, 0) is 43.7 Å². The molecule has 1 N–H and O–H groups in total. The minimum Gasteiger partial charge on any atom is -0.465 e. The summed E-state index contributed by atoms with van der Waals surface area (Å²) in [7, 11) is -3.67. The minimum atomic E-state index is -3.67. The van der Waals surface area contributed by atoms with Crippen LogP contribution in [0.5, 0.6) is 0 Å². The van der Waals surface area contributed by atoms with E-state index in [4.69, 9.17) is 9.68 Å². The largest absolute Gasteiger partial charge is 0.465 e. The smallest absolute Gasteiger partial charge is 0.241 e. The molecule has 0 saturated carbocycles. The number of nitrogens with one attached hydrogen (secondary N) is 1. The number of sulfonamides is 1. The number of furan rings is 1. The second-order valence-electron chi connectivity index (χ2n) is 4.43. The lowest BCUT2D eigenvalue weighted by molar-refractivity contribution is 0.475. The summed E-state index contributed by atoms with van der Waals surface area (Å²) >= 11 is 0. The number of aryl methyl sites for hydroxylation is 2. The van der Waals surface area contributed by atoms with Crippen LogP contribution in [-0.4, -0.2) is 8.42 Å². The third kappa shape index (κ3) is 3.07. The molecule has 0 fully saturated rings. The van der Waals surface area contributed by atoms with Crippen LogP contribution in [0.3, 0.4) is 0 Å². The van der Waals surface area contributed by atoms with Crippen molar-refractivity contribution in [2.75, 3.05) is 0 Å². The van der Waals surface area contributed by atoms with Gasteiger partial charge >= 0.3 is 0 Å². The molecule has 0 unspecified atom stereocenters. The third-order valence-corrected chi connectivity index (χ3v) is 4.38. The van der Waals surface area contributed by atoms with E-state index in [2.05, 4.69) is 4.72 Å². The fourth-order valence-corrected chi connectivity index (χ4v) is 3.04. The molecule has 5 nitrogen and oxygen atoms in total. The van der Waals surface area contributed by atoms with Crippen molar-refractivity contribution >= 4 is 10.0 Å². The highest BCUT2D eigenvalue weighted by Gasteiger charge is 2.17. The Morgan fingerprint density at radius 3 is 2.60 bits per heavy atom. The summed E-state index contributed by atoms with van der Waals surface area (Å²) in [5, 5.41) is 8.85. The maximum Gasteiger partial charge on any atom is 0.241 e. The first-order valence-corrected chi connectivity index (χ1v) is 7.46. The van der Waals surface area contributed by atoms with E-state index in [0.29, 0.717) is 16.9 Å². The van der Waals surface area contributed by atoms with Crippen LogP contribution >= 0.6 is 0 Å². The van der Waals surface area contributed by atoms with Gasteiger partial charge in [0.05, 0.1) is 23.1 Å². The molecule has 0 aliphatic heterocycles. The highest BCUT2D eigenvalue weighted by Crippen LogP contribution is 2.17. The SMILES string of the molecule is Cc1ccc(CNS(=O)(=O)c2cc(C#N)ccc2C)o1. The molecule has 0 spiro atoms. The van der Waals surface area contributed by atoms with E-state index in [1.807, 2.05) is 6.07 Å². The fourth-order valence-electron chi connectivity index (χ4n) is 1.78. The van der Waals surface area contributed by atoms with Gasteiger partial charge in [0.15, 0.2) is 0 Å². The molecule has 2 rings (SSSR count). The Morgan fingerprint density at radius 1 is 1.25 bits per heavy atom. The highest BCUT2D eigenvalue weighted by molar-refractivity contribution is 7.89. The van der Waals surface area contributed by atoms with E-state index < -0.39 is 10.0 Å². The van der Waals surface area contributed by atoms with Crippen LogP contribution in [-0.2, 0) is 16.6 Å². The molecule has 0 aliphatic rings. The van der Waals surface area contributed by atoms with Gasteiger partial charge < -0.3 is 4.42 Å². The summed E-state index contributed by atoms with van der Waals surface area (Å²) < 4.78 is 32.3. The lowest BCUT2D eigenvalue weighted by atomic mass is 10.2. The summed E-state index contributed by atoms with van der Waals surface area (Å²) in [5.74, 6) is 1.27. The van der Waals surface area contributed by atoms with Gasteiger partial charge in [0.25, 0.3) is 0 Å². The second-order valence-corrected chi connectivity index (χ2v) is 6.16. The van der Waals surface area contributed by atoms with Crippen LogP contribution in [0.4, 0.5) is 0 Å². The van der Waals surface area contributed by atoms with Gasteiger partial charge in [-0.1, -0.05) is 6.07 Å². The van der Waals surface area contributed by atoms with Crippen molar-refractivity contribution in [3.05, 3.63) is 53.0 Å². The lowest BCUT2D eigenvalue weighted by Crippen LogP contribution is -2.23. The number of rotatable bonds is 4. The van der Waals surface area contributed by atoms with Crippen molar-refractivity contribution in [2.45, 2.75) is 25.3 Å². The zero-order valence-corrected chi connectivity index (χ0v) is 12.0. The van der Waals surface area contributed by atoms with E-state index >= 15 is 0 Å². The number of hydrogen-bond acceptors (Lipinski definition) is 4. The lowest BCUT2D eigenvalue weighted by Gasteiger charge is -2.08. The monoisotopic (exact) mass is 290 g/mol. The molecule has 0 radical (unpaired) electrons. The van der Waals surface area contributed by atoms with Crippen LogP contribution in [0.25, 0.3) is 0 Å². The molecule has 0 saturated heterocycles. The van der Waals surface area contributed by atoms with Gasteiger partial charge in [0.1, 0.15) is 11.5 Å². The zero-order chi connectivity index (χ0) is 14.8. The van der Waals surface area contributed by atoms with Gasteiger partial charge in [-0.2, -0.15) is 5.26 Å². The van der Waals surface area contributed by atoms with Gasteiger partial charge in [-0.25, -0.2) is 13.1 Å². The Morgan fingerprint density at radius 2 is 2.00 bits per heavy atom. The quantitative estimate of drug-likeness (QED) is 0.936. The van der Waals surface area contributed by atoms with Crippen LogP contribution in [0.15, 0.2) is 39.6 Å². The first kappa shape index (κ1) is 14.3. The number of hydrogen-bond donors (Lipinski definition) is 1. The summed E-state index contributed by atoms with van der Waals surface area (Å²) in [6, 6.07) is 9.99. The number of benzene rings is 1. The van der Waals surface area contributed by atoms with Gasteiger partial charge in [-0.15, -0.1) is 0 Å². The predicted molar refractivity (Wildman–Crippen MR) is 73.4 cm³/mol. The van der Waals surface area contributed by atoms with Gasteiger partial charge in [0.2, 0.25) is 10.0 Å². The van der Waals surface area contributed by atoms with E-state index in [1.54, 1.807) is 38.1 Å². The van der Waals surface area contributed by atoms with E-state index in [9.17, 15) is 8.42 Å². The topological polar surface area (TPSA) is 83.1 Å². The van der Waals surface area contributed by atoms with Crippen molar-refractivity contribution in [1.29, 1.82) is 5.26 Å². The Kier molecular flexibility index (Phi) is 3.93. The number of nitriles is 1. The summed E-state index contributed by atoms with van der Waals surface area (Å²) in [4.78, 5) is 0.111. The van der Waals surface area contributed by atoms with Crippen molar-refractivity contribution in [2.24, 2.45) is 0 Å². The number of nitrogens with zero attached hydrogens (tertiary/aromatic N) is 1. The molecule has 0 amide bonds. The van der Waals surface area contributed by atoms with Crippen LogP contribution < -0.4 is 4.72 Å². The molecular formula is C14H14N2O3S. The first-order valence-electron chi connectivity index (χ1n) is 5.98. The maximum absolute atomic E-state index is 12.2. The minimum absolute atomic E-state index is 0.0758. The normalized spacial score (nSPS) is 11.2. The Bertz CT molecular complexity index is 770. The standard InChI is InChI=1S/C14H14N2O3S/c1-10-3-5-12(8-15)7-14(10)20(17,18)16-9-13-6-4-11(2)19-13/h3-7,16H,9H2,1-2H3. The Balaban J connectivity index is 2.24. The molecule has 1 aromatic carbocycles. The van der Waals surface area contributed by atoms with Crippen molar-refractivity contribution in [3.8, 4) is 6.07 Å². The van der Waals surface area contributed by atoms with Crippen molar-refractivity contribution in [3.63, 3.8) is 0 Å². The molecule has 0 aliphatic carbocycles. The van der Waals surface area contributed by atoms with E-state index in [-0.39, 0.29) is 11.4 Å². The van der Waals surface area contributed by atoms with Crippen LogP contribution in [0.2, 0.25) is 0 Å². The first-order chi connectivity index (χ1) is 9.42. The Hall–Kier alpha value is -2.10. The van der Waals surface area contributed by atoms with Crippen molar-refractivity contribution in [1.82, 2.24) is 4.72 Å². The summed E-state index contributed by atoms with van der Waals surface area (Å²) in [5.41, 5.74) is 0.900. The van der Waals surface area contributed by atoms with Gasteiger partial charge in [-0.3, -0.25) is 0 Å². The zero-order valence-electron chi connectivity index (χ0n) is 11.2. The second kappa shape index (κ2) is 5.49. The van der Waals surface area contributed by atoms with Crippen LogP contribution in [0, 0.1) is 25.2 Å². The van der Waals surface area contributed by atoms with E-state index in [1.165, 1.54) is 6.07 Å². The molecule has 1 aromatic heterocycles.